The first-order valence-electron chi connectivity index (χ1n) is 8.65. The van der Waals surface area contributed by atoms with Crippen LogP contribution in [0.3, 0.4) is 0 Å². The Morgan fingerprint density at radius 2 is 1.88 bits per heavy atom. The third-order valence-electron chi connectivity index (χ3n) is 4.70. The molecule has 0 saturated heterocycles. The van der Waals surface area contributed by atoms with Gasteiger partial charge in [-0.2, -0.15) is 0 Å². The fourth-order valence-electron chi connectivity index (χ4n) is 3.26. The van der Waals surface area contributed by atoms with Gasteiger partial charge in [-0.25, -0.2) is 15.0 Å². The number of rotatable bonds is 3. The fourth-order valence-corrected chi connectivity index (χ4v) is 4.24. The maximum absolute atomic E-state index is 4.87. The van der Waals surface area contributed by atoms with Crippen LogP contribution in [0.5, 0.6) is 0 Å². The molecule has 1 aliphatic rings. The second-order valence-electron chi connectivity index (χ2n) is 6.73. The molecule has 1 aromatic carbocycles. The Morgan fingerprint density at radius 3 is 2.60 bits per heavy atom. The average Bonchev–Trinajstić information content (AvgIpc) is 2.92. The first kappa shape index (κ1) is 16.4. The second-order valence-corrected chi connectivity index (χ2v) is 8.02. The maximum atomic E-state index is 4.87. The smallest absolute Gasteiger partial charge is 0.159 e. The summed E-state index contributed by atoms with van der Waals surface area (Å²) in [5.41, 5.74) is 5.94. The molecule has 0 spiro atoms. The lowest BCUT2D eigenvalue weighted by molar-refractivity contribution is 0.243. The first-order chi connectivity index (χ1) is 12.1. The van der Waals surface area contributed by atoms with E-state index in [1.54, 1.807) is 11.3 Å². The van der Waals surface area contributed by atoms with Gasteiger partial charge in [0.15, 0.2) is 5.82 Å². The third-order valence-corrected chi connectivity index (χ3v) is 5.76. The number of benzene rings is 1. The number of thiazole rings is 1. The standard InChI is InChI=1S/C20H22N4S/c1-13-4-6-16(7-5-13)20-21-10-17-8-9-24(11-18(17)23-20)12-19-14(2)22-15(3)25-19/h4-7,10H,8-9,11-12H2,1-3H3. The molecule has 3 heterocycles. The van der Waals surface area contributed by atoms with Crippen molar-refractivity contribution in [3.63, 3.8) is 0 Å². The highest BCUT2D eigenvalue weighted by atomic mass is 32.1. The Bertz CT molecular complexity index is 899. The van der Waals surface area contributed by atoms with Crippen molar-refractivity contribution in [2.24, 2.45) is 0 Å². The van der Waals surface area contributed by atoms with Crippen molar-refractivity contribution in [1.29, 1.82) is 0 Å². The predicted octanol–water partition coefficient (Wildman–Crippen LogP) is 4.08. The average molecular weight is 350 g/mol. The van der Waals surface area contributed by atoms with E-state index < -0.39 is 0 Å². The third kappa shape index (κ3) is 3.48. The maximum Gasteiger partial charge on any atom is 0.159 e. The van der Waals surface area contributed by atoms with Gasteiger partial charge in [-0.3, -0.25) is 4.90 Å². The number of fused-ring (bicyclic) bond motifs is 1. The van der Waals surface area contributed by atoms with Crippen molar-refractivity contribution >= 4 is 11.3 Å². The highest BCUT2D eigenvalue weighted by molar-refractivity contribution is 7.11. The van der Waals surface area contributed by atoms with E-state index in [0.29, 0.717) is 0 Å². The number of aryl methyl sites for hydroxylation is 3. The van der Waals surface area contributed by atoms with E-state index in [1.165, 1.54) is 16.0 Å². The van der Waals surface area contributed by atoms with Gasteiger partial charge in [0.1, 0.15) is 0 Å². The predicted molar refractivity (Wildman–Crippen MR) is 102 cm³/mol. The van der Waals surface area contributed by atoms with Gasteiger partial charge in [0.25, 0.3) is 0 Å². The van der Waals surface area contributed by atoms with E-state index >= 15 is 0 Å². The van der Waals surface area contributed by atoms with E-state index in [1.807, 2.05) is 6.20 Å². The molecule has 0 aliphatic carbocycles. The van der Waals surface area contributed by atoms with Gasteiger partial charge >= 0.3 is 0 Å². The van der Waals surface area contributed by atoms with E-state index in [9.17, 15) is 0 Å². The minimum atomic E-state index is 0.824. The van der Waals surface area contributed by atoms with Crippen molar-refractivity contribution in [2.45, 2.75) is 40.3 Å². The largest absolute Gasteiger partial charge is 0.292 e. The van der Waals surface area contributed by atoms with Crippen molar-refractivity contribution in [3.8, 4) is 11.4 Å². The van der Waals surface area contributed by atoms with Crippen LogP contribution >= 0.6 is 11.3 Å². The lowest BCUT2D eigenvalue weighted by Gasteiger charge is -2.27. The SMILES string of the molecule is Cc1ccc(-c2ncc3c(n2)CN(Cc2sc(C)nc2C)CC3)cc1. The summed E-state index contributed by atoms with van der Waals surface area (Å²) in [4.78, 5) is 17.8. The molecule has 0 amide bonds. The summed E-state index contributed by atoms with van der Waals surface area (Å²) in [7, 11) is 0. The van der Waals surface area contributed by atoms with Crippen LogP contribution in [-0.2, 0) is 19.5 Å². The van der Waals surface area contributed by atoms with Crippen LogP contribution in [0, 0.1) is 20.8 Å². The van der Waals surface area contributed by atoms with Gasteiger partial charge in [0.2, 0.25) is 0 Å². The second kappa shape index (κ2) is 6.65. The molecule has 3 aromatic rings. The quantitative estimate of drug-likeness (QED) is 0.714. The summed E-state index contributed by atoms with van der Waals surface area (Å²) in [5, 5.41) is 1.15. The summed E-state index contributed by atoms with van der Waals surface area (Å²) < 4.78 is 0. The van der Waals surface area contributed by atoms with Crippen molar-refractivity contribution in [2.75, 3.05) is 6.54 Å². The van der Waals surface area contributed by atoms with E-state index in [4.69, 9.17) is 4.98 Å². The van der Waals surface area contributed by atoms with E-state index in [0.717, 1.165) is 53.8 Å². The number of hydrogen-bond acceptors (Lipinski definition) is 5. The van der Waals surface area contributed by atoms with Crippen LogP contribution in [0.15, 0.2) is 30.5 Å². The van der Waals surface area contributed by atoms with Crippen molar-refractivity contribution < 1.29 is 0 Å². The number of nitrogens with zero attached hydrogens (tertiary/aromatic N) is 4. The topological polar surface area (TPSA) is 41.9 Å². The summed E-state index contributed by atoms with van der Waals surface area (Å²) in [6.45, 7) is 9.17. The van der Waals surface area contributed by atoms with Gasteiger partial charge in [-0.05, 0) is 32.8 Å². The Morgan fingerprint density at radius 1 is 1.08 bits per heavy atom. The zero-order valence-electron chi connectivity index (χ0n) is 14.9. The molecular formula is C20H22N4S. The van der Waals surface area contributed by atoms with Crippen molar-refractivity contribution in [1.82, 2.24) is 19.9 Å². The van der Waals surface area contributed by atoms with Gasteiger partial charge in [-0.15, -0.1) is 11.3 Å². The Hall–Kier alpha value is -2.11. The molecule has 4 nitrogen and oxygen atoms in total. The van der Waals surface area contributed by atoms with Gasteiger partial charge in [-0.1, -0.05) is 29.8 Å². The van der Waals surface area contributed by atoms with Crippen LogP contribution in [0.1, 0.15) is 32.4 Å². The molecule has 0 N–H and O–H groups in total. The summed E-state index contributed by atoms with van der Waals surface area (Å²) in [5.74, 6) is 0.824. The number of hydrogen-bond donors (Lipinski definition) is 0. The lowest BCUT2D eigenvalue weighted by atomic mass is 10.1. The van der Waals surface area contributed by atoms with Crippen LogP contribution in [0.2, 0.25) is 0 Å². The van der Waals surface area contributed by atoms with Crippen LogP contribution in [0.4, 0.5) is 0 Å². The minimum Gasteiger partial charge on any atom is -0.292 e. The Balaban J connectivity index is 1.56. The molecule has 4 rings (SSSR count). The van der Waals surface area contributed by atoms with Crippen molar-refractivity contribution in [3.05, 3.63) is 62.9 Å². The molecule has 0 fully saturated rings. The Kier molecular flexibility index (Phi) is 4.36. The summed E-state index contributed by atoms with van der Waals surface area (Å²) in [6.07, 6.45) is 3.03. The molecule has 1 aliphatic heterocycles. The Labute approximate surface area is 152 Å². The van der Waals surface area contributed by atoms with Gasteiger partial charge in [0.05, 0.1) is 16.4 Å². The van der Waals surface area contributed by atoms with Crippen LogP contribution in [-0.4, -0.2) is 26.4 Å². The monoisotopic (exact) mass is 350 g/mol. The molecule has 0 bridgehead atoms. The van der Waals surface area contributed by atoms with E-state index in [-0.39, 0.29) is 0 Å². The summed E-state index contributed by atoms with van der Waals surface area (Å²) >= 11 is 1.81. The van der Waals surface area contributed by atoms with Crippen LogP contribution in [0.25, 0.3) is 11.4 Å². The normalized spacial score (nSPS) is 14.5. The molecule has 0 saturated carbocycles. The molecule has 0 atom stereocenters. The highest BCUT2D eigenvalue weighted by Gasteiger charge is 2.20. The molecule has 25 heavy (non-hydrogen) atoms. The zero-order valence-corrected chi connectivity index (χ0v) is 15.7. The molecule has 0 radical (unpaired) electrons. The van der Waals surface area contributed by atoms with Gasteiger partial charge < -0.3 is 0 Å². The fraction of sp³-hybridized carbons (Fsp3) is 0.350. The molecule has 5 heteroatoms. The van der Waals surface area contributed by atoms with E-state index in [2.05, 4.69) is 59.9 Å². The number of aromatic nitrogens is 3. The van der Waals surface area contributed by atoms with Gasteiger partial charge in [0, 0.05) is 36.3 Å². The summed E-state index contributed by atoms with van der Waals surface area (Å²) in [6, 6.07) is 8.42. The molecule has 0 unspecified atom stereocenters. The molecular weight excluding hydrogens is 328 g/mol. The highest BCUT2D eigenvalue weighted by Crippen LogP contribution is 2.25. The zero-order chi connectivity index (χ0) is 17.4. The minimum absolute atomic E-state index is 0.824. The molecule has 128 valence electrons. The first-order valence-corrected chi connectivity index (χ1v) is 9.47. The van der Waals surface area contributed by atoms with Crippen LogP contribution < -0.4 is 0 Å². The lowest BCUT2D eigenvalue weighted by Crippen LogP contribution is -2.31. The molecule has 2 aromatic heterocycles.